The Balaban J connectivity index is 2.01. The van der Waals surface area contributed by atoms with Crippen LogP contribution in [0.1, 0.15) is 39.0 Å². The van der Waals surface area contributed by atoms with Gasteiger partial charge in [0, 0.05) is 0 Å². The molecular formula is C9H16. The molecule has 0 aliphatic heterocycles. The van der Waals surface area contributed by atoms with E-state index in [0.717, 1.165) is 17.8 Å². The van der Waals surface area contributed by atoms with E-state index in [4.69, 9.17) is 0 Å². The van der Waals surface area contributed by atoms with Crippen LogP contribution in [0.5, 0.6) is 0 Å². The molecule has 52 valence electrons. The SMILES string of the molecule is CC[C@H]1C[C@@H]2CCC1C2. The predicted molar refractivity (Wildman–Crippen MR) is 39.2 cm³/mol. The van der Waals surface area contributed by atoms with Crippen molar-refractivity contribution in [3.8, 4) is 0 Å². The molecule has 0 N–H and O–H groups in total. The minimum absolute atomic E-state index is 1.13. The summed E-state index contributed by atoms with van der Waals surface area (Å²) in [5.41, 5.74) is 0. The van der Waals surface area contributed by atoms with Crippen LogP contribution in [0.3, 0.4) is 0 Å². The molecule has 0 saturated heterocycles. The lowest BCUT2D eigenvalue weighted by Crippen LogP contribution is -2.08. The van der Waals surface area contributed by atoms with Crippen molar-refractivity contribution in [1.82, 2.24) is 0 Å². The molecule has 0 spiro atoms. The van der Waals surface area contributed by atoms with Gasteiger partial charge >= 0.3 is 0 Å². The highest BCUT2D eigenvalue weighted by Crippen LogP contribution is 2.49. The molecule has 0 heterocycles. The zero-order valence-corrected chi connectivity index (χ0v) is 6.27. The first kappa shape index (κ1) is 5.76. The summed E-state index contributed by atoms with van der Waals surface area (Å²) in [6.45, 7) is 2.35. The maximum Gasteiger partial charge on any atom is -0.0383 e. The van der Waals surface area contributed by atoms with Gasteiger partial charge in [-0.05, 0) is 37.0 Å². The largest absolute Gasteiger partial charge is 0.0651 e. The second-order valence-electron chi connectivity index (χ2n) is 3.84. The molecule has 2 saturated carbocycles. The Bertz CT molecular complexity index is 107. The summed E-state index contributed by atoms with van der Waals surface area (Å²) in [4.78, 5) is 0. The molecule has 0 aromatic carbocycles. The summed E-state index contributed by atoms with van der Waals surface area (Å²) in [6, 6.07) is 0. The fraction of sp³-hybridized carbons (Fsp3) is 1.00. The Kier molecular flexibility index (Phi) is 1.28. The molecule has 1 unspecified atom stereocenters. The highest BCUT2D eigenvalue weighted by molar-refractivity contribution is 4.88. The normalized spacial score (nSPS) is 48.3. The molecule has 2 rings (SSSR count). The second-order valence-corrected chi connectivity index (χ2v) is 3.84. The van der Waals surface area contributed by atoms with Crippen molar-refractivity contribution in [1.29, 1.82) is 0 Å². The lowest BCUT2D eigenvalue weighted by Gasteiger charge is -2.18. The summed E-state index contributed by atoms with van der Waals surface area (Å²) in [5, 5.41) is 0. The first-order valence-electron chi connectivity index (χ1n) is 4.40. The standard InChI is InChI=1S/C9H16/c1-2-8-5-7-3-4-9(8)6-7/h7-9H,2-6H2,1H3/t7-,8-,9?/m0/s1. The molecular weight excluding hydrogens is 108 g/mol. The van der Waals surface area contributed by atoms with E-state index in [9.17, 15) is 0 Å². The van der Waals surface area contributed by atoms with E-state index in [1.165, 1.54) is 6.42 Å². The van der Waals surface area contributed by atoms with Crippen molar-refractivity contribution in [2.75, 3.05) is 0 Å². The van der Waals surface area contributed by atoms with Gasteiger partial charge in [0.25, 0.3) is 0 Å². The lowest BCUT2D eigenvalue weighted by atomic mass is 9.87. The number of hydrogen-bond acceptors (Lipinski definition) is 0. The monoisotopic (exact) mass is 124 g/mol. The molecule has 2 bridgehead atoms. The highest BCUT2D eigenvalue weighted by Gasteiger charge is 2.37. The predicted octanol–water partition coefficient (Wildman–Crippen LogP) is 2.83. The van der Waals surface area contributed by atoms with Crippen LogP contribution in [0.2, 0.25) is 0 Å². The summed E-state index contributed by atoms with van der Waals surface area (Å²) in [7, 11) is 0. The molecule has 2 aliphatic carbocycles. The topological polar surface area (TPSA) is 0 Å². The van der Waals surface area contributed by atoms with Gasteiger partial charge in [-0.2, -0.15) is 0 Å². The molecule has 0 aromatic rings. The Hall–Kier alpha value is 0. The van der Waals surface area contributed by atoms with Gasteiger partial charge in [-0.25, -0.2) is 0 Å². The third-order valence-electron chi connectivity index (χ3n) is 3.41. The maximum atomic E-state index is 2.35. The fourth-order valence-electron chi connectivity index (χ4n) is 2.88. The Morgan fingerprint density at radius 1 is 1.22 bits per heavy atom. The summed E-state index contributed by atoms with van der Waals surface area (Å²) in [6.07, 6.45) is 7.71. The minimum atomic E-state index is 1.13. The number of fused-ring (bicyclic) bond motifs is 2. The van der Waals surface area contributed by atoms with Crippen molar-refractivity contribution < 1.29 is 0 Å². The molecule has 3 atom stereocenters. The first-order chi connectivity index (χ1) is 4.40. The Morgan fingerprint density at radius 2 is 2.11 bits per heavy atom. The smallest absolute Gasteiger partial charge is 0.0383 e. The quantitative estimate of drug-likeness (QED) is 0.504. The van der Waals surface area contributed by atoms with Crippen LogP contribution < -0.4 is 0 Å². The maximum absolute atomic E-state index is 2.35. The van der Waals surface area contributed by atoms with E-state index < -0.39 is 0 Å². The lowest BCUT2D eigenvalue weighted by molar-refractivity contribution is 0.324. The van der Waals surface area contributed by atoms with E-state index in [1.807, 2.05) is 0 Å². The molecule has 9 heavy (non-hydrogen) atoms. The van der Waals surface area contributed by atoms with Crippen molar-refractivity contribution in [3.63, 3.8) is 0 Å². The van der Waals surface area contributed by atoms with Gasteiger partial charge in [-0.15, -0.1) is 0 Å². The van der Waals surface area contributed by atoms with Crippen molar-refractivity contribution >= 4 is 0 Å². The second kappa shape index (κ2) is 2.00. The van der Waals surface area contributed by atoms with Gasteiger partial charge in [0.1, 0.15) is 0 Å². The van der Waals surface area contributed by atoms with Crippen LogP contribution in [0.4, 0.5) is 0 Å². The fourth-order valence-corrected chi connectivity index (χ4v) is 2.88. The molecule has 0 amide bonds. The van der Waals surface area contributed by atoms with Crippen LogP contribution in [0.25, 0.3) is 0 Å². The third-order valence-corrected chi connectivity index (χ3v) is 3.41. The average Bonchev–Trinajstić information content (AvgIpc) is 2.45. The van der Waals surface area contributed by atoms with Crippen molar-refractivity contribution in [2.45, 2.75) is 39.0 Å². The van der Waals surface area contributed by atoms with Gasteiger partial charge in [-0.3, -0.25) is 0 Å². The van der Waals surface area contributed by atoms with Crippen LogP contribution in [0, 0.1) is 17.8 Å². The first-order valence-corrected chi connectivity index (χ1v) is 4.40. The van der Waals surface area contributed by atoms with Crippen LogP contribution in [-0.4, -0.2) is 0 Å². The molecule has 0 nitrogen and oxygen atoms in total. The van der Waals surface area contributed by atoms with Gasteiger partial charge in [0.05, 0.1) is 0 Å². The molecule has 0 heteroatoms. The van der Waals surface area contributed by atoms with Gasteiger partial charge in [0.2, 0.25) is 0 Å². The minimum Gasteiger partial charge on any atom is -0.0651 e. The Labute approximate surface area is 57.6 Å². The van der Waals surface area contributed by atoms with Crippen LogP contribution >= 0.6 is 0 Å². The summed E-state index contributed by atoms with van der Waals surface area (Å²) >= 11 is 0. The molecule has 0 radical (unpaired) electrons. The zero-order chi connectivity index (χ0) is 6.27. The van der Waals surface area contributed by atoms with Crippen molar-refractivity contribution in [2.24, 2.45) is 17.8 Å². The summed E-state index contributed by atoms with van der Waals surface area (Å²) in [5.74, 6) is 3.43. The Morgan fingerprint density at radius 3 is 2.44 bits per heavy atom. The molecule has 0 aromatic heterocycles. The van der Waals surface area contributed by atoms with Gasteiger partial charge in [0.15, 0.2) is 0 Å². The average molecular weight is 124 g/mol. The highest BCUT2D eigenvalue weighted by atomic mass is 14.4. The van der Waals surface area contributed by atoms with Crippen LogP contribution in [0.15, 0.2) is 0 Å². The van der Waals surface area contributed by atoms with Gasteiger partial charge in [-0.1, -0.05) is 19.8 Å². The third kappa shape index (κ3) is 0.798. The van der Waals surface area contributed by atoms with E-state index in [1.54, 1.807) is 25.7 Å². The van der Waals surface area contributed by atoms with E-state index in [0.29, 0.717) is 0 Å². The zero-order valence-electron chi connectivity index (χ0n) is 6.27. The van der Waals surface area contributed by atoms with Crippen LogP contribution in [-0.2, 0) is 0 Å². The van der Waals surface area contributed by atoms with E-state index in [2.05, 4.69) is 6.92 Å². The molecule has 2 aliphatic rings. The van der Waals surface area contributed by atoms with E-state index in [-0.39, 0.29) is 0 Å². The number of hydrogen-bond donors (Lipinski definition) is 0. The summed E-state index contributed by atoms with van der Waals surface area (Å²) < 4.78 is 0. The molecule has 2 fully saturated rings. The van der Waals surface area contributed by atoms with E-state index >= 15 is 0 Å². The van der Waals surface area contributed by atoms with Gasteiger partial charge < -0.3 is 0 Å². The van der Waals surface area contributed by atoms with Crippen molar-refractivity contribution in [3.05, 3.63) is 0 Å². The number of rotatable bonds is 1.